The van der Waals surface area contributed by atoms with Crippen molar-refractivity contribution in [3.05, 3.63) is 0 Å². The van der Waals surface area contributed by atoms with Crippen LogP contribution in [0.25, 0.3) is 0 Å². The van der Waals surface area contributed by atoms with Crippen LogP contribution in [0.2, 0.25) is 0 Å². The van der Waals surface area contributed by atoms with Crippen LogP contribution < -0.4 is 5.01 Å². The molecule has 0 aromatic carbocycles. The van der Waals surface area contributed by atoms with Crippen LogP contribution in [-0.4, -0.2) is 32.2 Å². The summed E-state index contributed by atoms with van der Waals surface area (Å²) < 4.78 is 0. The number of hydrogen-bond acceptors (Lipinski definition) is 2. The Morgan fingerprint density at radius 2 is 1.89 bits per heavy atom. The summed E-state index contributed by atoms with van der Waals surface area (Å²) in [4.78, 5) is 0. The summed E-state index contributed by atoms with van der Waals surface area (Å²) in [6.45, 7) is 6.60. The first-order valence-corrected chi connectivity index (χ1v) is 3.64. The molecule has 0 bridgehead atoms. The van der Waals surface area contributed by atoms with E-state index in [0.29, 0.717) is 0 Å². The zero-order valence-corrected chi connectivity index (χ0v) is 7.02. The van der Waals surface area contributed by atoms with Gasteiger partial charge in [-0.1, -0.05) is 11.9 Å². The maximum atomic E-state index is 2.24. The monoisotopic (exact) mass is 130 g/mol. The topological polar surface area (TPSA) is 9.14 Å². The number of hydrazine groups is 1. The second-order valence-electron chi connectivity index (χ2n) is 2.36. The molecule has 0 heterocycles. The Morgan fingerprint density at radius 3 is 2.22 bits per heavy atom. The molecule has 0 fully saturated rings. The van der Waals surface area contributed by atoms with E-state index < -0.39 is 0 Å². The van der Waals surface area contributed by atoms with E-state index in [4.69, 9.17) is 0 Å². The second-order valence-corrected chi connectivity index (χ2v) is 2.36. The summed E-state index contributed by atoms with van der Waals surface area (Å²) in [5, 5.41) is 4.45. The molecule has 9 heavy (non-hydrogen) atoms. The molecule has 0 unspecified atom stereocenters. The highest BCUT2D eigenvalue weighted by Gasteiger charge is 2.10. The molecule has 0 spiro atoms. The average Bonchev–Trinajstić information content (AvgIpc) is 1.87. The largest absolute Gasteiger partial charge is 0.144 e. The Bertz CT molecular complexity index is 63.9. The third-order valence-corrected chi connectivity index (χ3v) is 1.59. The molecule has 0 saturated carbocycles. The lowest BCUT2D eigenvalue weighted by Gasteiger charge is -2.14. The van der Waals surface area contributed by atoms with Crippen molar-refractivity contribution in [2.24, 2.45) is 0 Å². The first-order chi connectivity index (χ1) is 4.22. The molecule has 2 heteroatoms. The van der Waals surface area contributed by atoms with Crippen molar-refractivity contribution in [1.29, 1.82) is 0 Å². The maximum Gasteiger partial charge on any atom is 0.144 e. The fraction of sp³-hybridized carbons (Fsp3) is 1.00. The van der Waals surface area contributed by atoms with Gasteiger partial charge in [0, 0.05) is 20.0 Å². The first kappa shape index (κ1) is 8.92. The Morgan fingerprint density at radius 1 is 1.33 bits per heavy atom. The zero-order chi connectivity index (χ0) is 7.28. The molecular weight excluding hydrogens is 112 g/mol. The number of hydrogen-bond donors (Lipinski definition) is 0. The van der Waals surface area contributed by atoms with E-state index in [2.05, 4.69) is 38.0 Å². The van der Waals surface area contributed by atoms with Gasteiger partial charge in [-0.15, -0.1) is 5.01 Å². The zero-order valence-electron chi connectivity index (χ0n) is 7.02. The molecule has 0 saturated heterocycles. The van der Waals surface area contributed by atoms with Gasteiger partial charge < -0.3 is 0 Å². The molecule has 0 aliphatic heterocycles. The van der Waals surface area contributed by atoms with E-state index in [1.165, 1.54) is 6.42 Å². The van der Waals surface area contributed by atoms with Crippen molar-refractivity contribution in [1.82, 2.24) is 10.0 Å². The van der Waals surface area contributed by atoms with Gasteiger partial charge in [0.15, 0.2) is 0 Å². The van der Waals surface area contributed by atoms with Gasteiger partial charge in [-0.2, -0.15) is 0 Å². The van der Waals surface area contributed by atoms with Crippen molar-refractivity contribution >= 4 is 0 Å². The van der Waals surface area contributed by atoms with E-state index in [0.717, 1.165) is 13.1 Å². The molecule has 55 valence electrons. The Balaban J connectivity index is 3.32. The number of nitrogens with zero attached hydrogens (tertiary/aromatic N) is 2. The van der Waals surface area contributed by atoms with Crippen LogP contribution in [0.1, 0.15) is 20.3 Å². The molecule has 0 aromatic heterocycles. The van der Waals surface area contributed by atoms with E-state index in [9.17, 15) is 0 Å². The molecular formula is C7H18N2+. The predicted molar refractivity (Wildman–Crippen MR) is 41.5 cm³/mol. The van der Waals surface area contributed by atoms with E-state index >= 15 is 0 Å². The SMILES string of the molecule is CCC[N+](C)N(C)CC. The van der Waals surface area contributed by atoms with Gasteiger partial charge in [0.2, 0.25) is 0 Å². The van der Waals surface area contributed by atoms with Gasteiger partial charge in [0.25, 0.3) is 0 Å². The standard InChI is InChI=1S/C7H18N2/c1-5-7-9(4)8(3)6-2/h5-7H2,1-4H3/q+1. The van der Waals surface area contributed by atoms with Gasteiger partial charge in [0.1, 0.15) is 13.6 Å². The highest BCUT2D eigenvalue weighted by molar-refractivity contribution is 4.48. The molecule has 2 nitrogen and oxygen atoms in total. The molecule has 0 atom stereocenters. The predicted octanol–water partition coefficient (Wildman–Crippen LogP) is 1.03. The smallest absolute Gasteiger partial charge is 0.110 e. The van der Waals surface area contributed by atoms with Crippen LogP contribution in [0.15, 0.2) is 0 Å². The summed E-state index contributed by atoms with van der Waals surface area (Å²) in [5.41, 5.74) is 0. The van der Waals surface area contributed by atoms with Crippen LogP contribution in [0.3, 0.4) is 0 Å². The molecule has 0 aliphatic carbocycles. The quantitative estimate of drug-likeness (QED) is 0.408. The van der Waals surface area contributed by atoms with Crippen LogP contribution in [0, 0.1) is 0 Å². The summed E-state index contributed by atoms with van der Waals surface area (Å²) in [5.74, 6) is 0. The minimum atomic E-state index is 1.09. The normalized spacial score (nSPS) is 11.3. The van der Waals surface area contributed by atoms with Crippen molar-refractivity contribution in [2.75, 3.05) is 27.2 Å². The van der Waals surface area contributed by atoms with Crippen molar-refractivity contribution in [3.8, 4) is 0 Å². The molecule has 0 amide bonds. The number of rotatable bonds is 4. The van der Waals surface area contributed by atoms with Crippen molar-refractivity contribution in [3.63, 3.8) is 0 Å². The fourth-order valence-electron chi connectivity index (χ4n) is 0.736. The van der Waals surface area contributed by atoms with Gasteiger partial charge in [-0.3, -0.25) is 0 Å². The van der Waals surface area contributed by atoms with Gasteiger partial charge in [-0.25, -0.2) is 0 Å². The van der Waals surface area contributed by atoms with Gasteiger partial charge in [-0.05, 0) is 6.92 Å². The lowest BCUT2D eigenvalue weighted by molar-refractivity contribution is 0.132. The van der Waals surface area contributed by atoms with Crippen molar-refractivity contribution < 1.29 is 0 Å². The average molecular weight is 130 g/mol. The Labute approximate surface area is 58.4 Å². The van der Waals surface area contributed by atoms with Crippen molar-refractivity contribution in [2.45, 2.75) is 20.3 Å². The molecule has 0 N–H and O–H groups in total. The third-order valence-electron chi connectivity index (χ3n) is 1.59. The second kappa shape index (κ2) is 4.77. The summed E-state index contributed by atoms with van der Waals surface area (Å²) in [7, 11) is 4.22. The highest BCUT2D eigenvalue weighted by atomic mass is 15.6. The minimum absolute atomic E-state index is 1.09. The van der Waals surface area contributed by atoms with E-state index in [1.807, 2.05) is 0 Å². The lowest BCUT2D eigenvalue weighted by Crippen LogP contribution is -2.41. The van der Waals surface area contributed by atoms with Gasteiger partial charge >= 0.3 is 0 Å². The lowest BCUT2D eigenvalue weighted by atomic mass is 10.5. The molecule has 0 aromatic rings. The molecule has 0 rings (SSSR count). The van der Waals surface area contributed by atoms with E-state index in [1.54, 1.807) is 0 Å². The maximum absolute atomic E-state index is 2.24. The minimum Gasteiger partial charge on any atom is -0.110 e. The Hall–Kier alpha value is -0.0800. The van der Waals surface area contributed by atoms with E-state index in [-0.39, 0.29) is 0 Å². The molecule has 0 aliphatic rings. The van der Waals surface area contributed by atoms with Crippen LogP contribution >= 0.6 is 0 Å². The first-order valence-electron chi connectivity index (χ1n) is 3.64. The van der Waals surface area contributed by atoms with Crippen LogP contribution in [0.5, 0.6) is 0 Å². The third kappa shape index (κ3) is 3.49. The fourth-order valence-corrected chi connectivity index (χ4v) is 0.736. The Kier molecular flexibility index (Phi) is 4.72. The summed E-state index contributed by atoms with van der Waals surface area (Å²) in [6, 6.07) is 0. The highest BCUT2D eigenvalue weighted by Crippen LogP contribution is 1.86. The summed E-state index contributed by atoms with van der Waals surface area (Å²) >= 11 is 0. The summed E-state index contributed by atoms with van der Waals surface area (Å²) in [6.07, 6.45) is 1.22. The van der Waals surface area contributed by atoms with Crippen LogP contribution in [-0.2, 0) is 0 Å². The molecule has 1 radical (unpaired) electrons. The van der Waals surface area contributed by atoms with Crippen LogP contribution in [0.4, 0.5) is 0 Å². The van der Waals surface area contributed by atoms with Gasteiger partial charge in [0.05, 0.1) is 0 Å².